The normalized spacial score (nSPS) is 12.0. The van der Waals surface area contributed by atoms with Gasteiger partial charge in [0.05, 0.1) is 6.54 Å². The molecular weight excluding hydrogens is 246 g/mol. The molecule has 0 saturated heterocycles. The van der Waals surface area contributed by atoms with Crippen LogP contribution in [0.5, 0.6) is 0 Å². The van der Waals surface area contributed by atoms with Crippen LogP contribution in [-0.4, -0.2) is 37.2 Å². The van der Waals surface area contributed by atoms with E-state index in [1.807, 2.05) is 13.8 Å². The predicted octanol–water partition coefficient (Wildman–Crippen LogP) is -0.0386. The fourth-order valence-electron chi connectivity index (χ4n) is 1.64. The summed E-state index contributed by atoms with van der Waals surface area (Å²) in [6.45, 7) is 4.29. The number of nitrogens with one attached hydrogen (secondary N) is 2. The Hall–Kier alpha value is -1.43. The molecule has 0 aliphatic carbocycles. The van der Waals surface area contributed by atoms with E-state index >= 15 is 0 Å². The van der Waals surface area contributed by atoms with Crippen molar-refractivity contribution in [3.8, 4) is 0 Å². The molecule has 0 bridgehead atoms. The van der Waals surface area contributed by atoms with Gasteiger partial charge >= 0.3 is 0 Å². The zero-order valence-corrected chi connectivity index (χ0v) is 11.8. The van der Waals surface area contributed by atoms with Gasteiger partial charge in [0, 0.05) is 6.42 Å². The number of hydrogen-bond acceptors (Lipinski definition) is 4. The second-order valence-electron chi connectivity index (χ2n) is 4.80. The highest BCUT2D eigenvalue weighted by molar-refractivity contribution is 5.88. The fraction of sp³-hybridized carbons (Fsp3) is 0.769. The molecule has 0 aliphatic rings. The quantitative estimate of drug-likeness (QED) is 0.383. The number of rotatable bonds is 10. The van der Waals surface area contributed by atoms with Gasteiger partial charge in [-0.1, -0.05) is 20.3 Å². The number of hydrogen-bond donors (Lipinski definition) is 3. The lowest BCUT2D eigenvalue weighted by Crippen LogP contribution is -2.50. The molecule has 19 heavy (non-hydrogen) atoms. The minimum atomic E-state index is -0.595. The van der Waals surface area contributed by atoms with E-state index in [0.717, 1.165) is 19.3 Å². The van der Waals surface area contributed by atoms with Gasteiger partial charge in [0.15, 0.2) is 0 Å². The molecule has 0 spiro atoms. The van der Waals surface area contributed by atoms with Crippen molar-refractivity contribution < 1.29 is 14.4 Å². The monoisotopic (exact) mass is 271 g/mol. The number of aldehydes is 1. The van der Waals surface area contributed by atoms with Crippen molar-refractivity contribution in [2.45, 2.75) is 45.6 Å². The van der Waals surface area contributed by atoms with E-state index < -0.39 is 6.04 Å². The van der Waals surface area contributed by atoms with Crippen molar-refractivity contribution in [1.82, 2.24) is 10.6 Å². The Labute approximate surface area is 114 Å². The molecule has 0 rings (SSSR count). The average Bonchev–Trinajstić information content (AvgIpc) is 2.37. The summed E-state index contributed by atoms with van der Waals surface area (Å²) in [5.74, 6) is -0.492. The maximum Gasteiger partial charge on any atom is 0.243 e. The highest BCUT2D eigenvalue weighted by Crippen LogP contribution is 2.04. The first-order valence-corrected chi connectivity index (χ1v) is 6.73. The molecule has 0 radical (unpaired) electrons. The molecule has 2 amide bonds. The molecule has 110 valence electrons. The lowest BCUT2D eigenvalue weighted by atomic mass is 10.0. The minimum Gasteiger partial charge on any atom is -0.348 e. The lowest BCUT2D eigenvalue weighted by molar-refractivity contribution is -0.130. The highest BCUT2D eigenvalue weighted by Gasteiger charge is 2.23. The van der Waals surface area contributed by atoms with Gasteiger partial charge in [-0.2, -0.15) is 0 Å². The first-order chi connectivity index (χ1) is 9.02. The molecular formula is C13H25N3O3. The van der Waals surface area contributed by atoms with E-state index in [2.05, 4.69) is 10.6 Å². The lowest BCUT2D eigenvalue weighted by Gasteiger charge is -2.21. The van der Waals surface area contributed by atoms with Crippen molar-refractivity contribution in [3.63, 3.8) is 0 Å². The summed E-state index contributed by atoms with van der Waals surface area (Å²) in [6.07, 6.45) is 3.59. The number of unbranched alkanes of at least 4 members (excludes halogenated alkanes) is 2. The van der Waals surface area contributed by atoms with Gasteiger partial charge in [-0.15, -0.1) is 0 Å². The van der Waals surface area contributed by atoms with E-state index in [9.17, 15) is 14.4 Å². The molecule has 6 heteroatoms. The molecule has 0 aromatic rings. The van der Waals surface area contributed by atoms with Gasteiger partial charge in [-0.05, 0) is 25.3 Å². The average molecular weight is 271 g/mol. The van der Waals surface area contributed by atoms with Gasteiger partial charge in [-0.25, -0.2) is 0 Å². The standard InChI is InChI=1S/C13H25N3O3/c1-10(2)12(13(19)15-8-9-17)16-11(18)6-4-3-5-7-14/h9-10,12H,3-8,14H2,1-2H3,(H,15,19)(H,16,18). The van der Waals surface area contributed by atoms with Gasteiger partial charge in [0.1, 0.15) is 12.3 Å². The number of carbonyl (C=O) groups is 3. The number of nitrogens with two attached hydrogens (primary N) is 1. The molecule has 0 fully saturated rings. The van der Waals surface area contributed by atoms with E-state index in [4.69, 9.17) is 5.73 Å². The van der Waals surface area contributed by atoms with E-state index in [1.54, 1.807) is 0 Å². The Morgan fingerprint density at radius 2 is 1.89 bits per heavy atom. The largest absolute Gasteiger partial charge is 0.348 e. The molecule has 0 saturated carbocycles. The first-order valence-electron chi connectivity index (χ1n) is 6.73. The van der Waals surface area contributed by atoms with Gasteiger partial charge < -0.3 is 21.2 Å². The number of amides is 2. The molecule has 1 atom stereocenters. The van der Waals surface area contributed by atoms with Crippen molar-refractivity contribution >= 4 is 18.1 Å². The molecule has 0 heterocycles. The SMILES string of the molecule is CC(C)C(NC(=O)CCCCCN)C(=O)NCC=O. The second kappa shape index (κ2) is 10.5. The Balaban J connectivity index is 4.14. The second-order valence-corrected chi connectivity index (χ2v) is 4.80. The van der Waals surface area contributed by atoms with Crippen LogP contribution in [0.4, 0.5) is 0 Å². The Morgan fingerprint density at radius 3 is 2.42 bits per heavy atom. The van der Waals surface area contributed by atoms with E-state index in [0.29, 0.717) is 19.3 Å². The van der Waals surface area contributed by atoms with Crippen LogP contribution in [0.3, 0.4) is 0 Å². The van der Waals surface area contributed by atoms with Crippen molar-refractivity contribution in [1.29, 1.82) is 0 Å². The third-order valence-electron chi connectivity index (χ3n) is 2.73. The van der Waals surface area contributed by atoms with Gasteiger partial charge in [-0.3, -0.25) is 9.59 Å². The topological polar surface area (TPSA) is 101 Å². The van der Waals surface area contributed by atoms with Crippen LogP contribution in [0.25, 0.3) is 0 Å². The first kappa shape index (κ1) is 17.6. The molecule has 0 aromatic heterocycles. The van der Waals surface area contributed by atoms with Crippen LogP contribution in [0, 0.1) is 5.92 Å². The maximum atomic E-state index is 11.8. The van der Waals surface area contributed by atoms with Gasteiger partial charge in [0.25, 0.3) is 0 Å². The summed E-state index contributed by atoms with van der Waals surface area (Å²) in [5.41, 5.74) is 5.37. The highest BCUT2D eigenvalue weighted by atomic mass is 16.2. The molecule has 0 aromatic carbocycles. The smallest absolute Gasteiger partial charge is 0.243 e. The summed E-state index contributed by atoms with van der Waals surface area (Å²) >= 11 is 0. The third kappa shape index (κ3) is 8.31. The third-order valence-corrected chi connectivity index (χ3v) is 2.73. The Kier molecular flexibility index (Phi) is 9.70. The summed E-state index contributed by atoms with van der Waals surface area (Å²) in [7, 11) is 0. The van der Waals surface area contributed by atoms with Crippen molar-refractivity contribution in [2.75, 3.05) is 13.1 Å². The summed E-state index contributed by atoms with van der Waals surface area (Å²) < 4.78 is 0. The minimum absolute atomic E-state index is 0.0281. The molecule has 6 nitrogen and oxygen atoms in total. The maximum absolute atomic E-state index is 11.8. The van der Waals surface area contributed by atoms with Crippen LogP contribution < -0.4 is 16.4 Å². The summed E-state index contributed by atoms with van der Waals surface area (Å²) in [4.78, 5) is 33.7. The fourth-order valence-corrected chi connectivity index (χ4v) is 1.64. The van der Waals surface area contributed by atoms with Crippen LogP contribution >= 0.6 is 0 Å². The molecule has 0 aliphatic heterocycles. The Morgan fingerprint density at radius 1 is 1.21 bits per heavy atom. The van der Waals surface area contributed by atoms with Crippen molar-refractivity contribution in [2.24, 2.45) is 11.7 Å². The van der Waals surface area contributed by atoms with E-state index in [1.165, 1.54) is 0 Å². The van der Waals surface area contributed by atoms with Crippen LogP contribution in [0.15, 0.2) is 0 Å². The predicted molar refractivity (Wildman–Crippen MR) is 73.4 cm³/mol. The molecule has 1 unspecified atom stereocenters. The summed E-state index contributed by atoms with van der Waals surface area (Å²) in [6, 6.07) is -0.595. The number of carbonyl (C=O) groups excluding carboxylic acids is 3. The van der Waals surface area contributed by atoms with Crippen LogP contribution in [0.1, 0.15) is 39.5 Å². The summed E-state index contributed by atoms with van der Waals surface area (Å²) in [5, 5.41) is 5.16. The van der Waals surface area contributed by atoms with Crippen LogP contribution in [0.2, 0.25) is 0 Å². The molecule has 4 N–H and O–H groups in total. The van der Waals surface area contributed by atoms with Gasteiger partial charge in [0.2, 0.25) is 11.8 Å². The Bertz CT molecular complexity index is 293. The zero-order chi connectivity index (χ0) is 14.7. The zero-order valence-electron chi connectivity index (χ0n) is 11.8. The van der Waals surface area contributed by atoms with Crippen molar-refractivity contribution in [3.05, 3.63) is 0 Å². The van der Waals surface area contributed by atoms with Crippen LogP contribution in [-0.2, 0) is 14.4 Å². The van der Waals surface area contributed by atoms with E-state index in [-0.39, 0.29) is 24.3 Å².